The van der Waals surface area contributed by atoms with Gasteiger partial charge in [0.25, 0.3) is 0 Å². The molecule has 0 N–H and O–H groups in total. The van der Waals surface area contributed by atoms with Crippen molar-refractivity contribution in [2.24, 2.45) is 5.92 Å². The van der Waals surface area contributed by atoms with Crippen LogP contribution in [0.4, 0.5) is 0 Å². The minimum absolute atomic E-state index is 0.168. The van der Waals surface area contributed by atoms with E-state index in [-0.39, 0.29) is 5.78 Å². The molecule has 1 rings (SSSR count). The molecule has 1 aromatic heterocycles. The molecule has 0 saturated heterocycles. The van der Waals surface area contributed by atoms with E-state index >= 15 is 0 Å². The molecule has 2 heteroatoms. The third-order valence-electron chi connectivity index (χ3n) is 1.89. The normalized spacial score (nSPS) is 12.2. The van der Waals surface area contributed by atoms with Gasteiger partial charge in [-0.15, -0.1) is 0 Å². The van der Waals surface area contributed by atoms with Gasteiger partial charge in [-0.3, -0.25) is 4.79 Å². The van der Waals surface area contributed by atoms with Gasteiger partial charge in [0.2, 0.25) is 0 Å². The zero-order chi connectivity index (χ0) is 9.84. The SMILES string of the molecule is CC(=O)/C(=C/c1ccsc1)C(C)C. The van der Waals surface area contributed by atoms with Crippen molar-refractivity contribution in [2.75, 3.05) is 0 Å². The highest BCUT2D eigenvalue weighted by Gasteiger charge is 2.08. The smallest absolute Gasteiger partial charge is 0.156 e. The molecule has 1 heterocycles. The van der Waals surface area contributed by atoms with Crippen LogP contribution >= 0.6 is 11.3 Å². The second kappa shape index (κ2) is 4.38. The molecule has 0 atom stereocenters. The lowest BCUT2D eigenvalue weighted by atomic mass is 9.98. The number of Topliss-reactive ketones (excluding diaryl/α,β-unsaturated/α-hetero) is 1. The molecule has 0 saturated carbocycles. The predicted octanol–water partition coefficient (Wildman–Crippen LogP) is 3.38. The minimum atomic E-state index is 0.168. The number of thiophene rings is 1. The fraction of sp³-hybridized carbons (Fsp3) is 0.364. The van der Waals surface area contributed by atoms with Gasteiger partial charge in [-0.2, -0.15) is 11.3 Å². The third kappa shape index (κ3) is 2.81. The number of carbonyl (C=O) groups excluding carboxylic acids is 1. The van der Waals surface area contributed by atoms with Crippen LogP contribution in [0.25, 0.3) is 6.08 Å². The third-order valence-corrected chi connectivity index (χ3v) is 2.60. The molecule has 0 spiro atoms. The summed E-state index contributed by atoms with van der Waals surface area (Å²) < 4.78 is 0. The van der Waals surface area contributed by atoms with Gasteiger partial charge in [-0.05, 0) is 46.9 Å². The molecule has 0 aliphatic heterocycles. The fourth-order valence-electron chi connectivity index (χ4n) is 1.21. The highest BCUT2D eigenvalue weighted by atomic mass is 32.1. The quantitative estimate of drug-likeness (QED) is 0.674. The Morgan fingerprint density at radius 2 is 2.23 bits per heavy atom. The van der Waals surface area contributed by atoms with Crippen LogP contribution in [0.5, 0.6) is 0 Å². The lowest BCUT2D eigenvalue weighted by Crippen LogP contribution is -2.03. The molecule has 0 aliphatic carbocycles. The van der Waals surface area contributed by atoms with E-state index in [0.29, 0.717) is 5.92 Å². The van der Waals surface area contributed by atoms with Crippen LogP contribution in [0.15, 0.2) is 22.4 Å². The molecular formula is C11H14OS. The summed E-state index contributed by atoms with van der Waals surface area (Å²) in [6, 6.07) is 2.02. The number of allylic oxidation sites excluding steroid dienone is 1. The number of ketones is 1. The number of hydrogen-bond acceptors (Lipinski definition) is 2. The molecular weight excluding hydrogens is 180 g/mol. The van der Waals surface area contributed by atoms with Crippen molar-refractivity contribution >= 4 is 23.2 Å². The second-order valence-electron chi connectivity index (χ2n) is 3.37. The van der Waals surface area contributed by atoms with Crippen LogP contribution in [0.1, 0.15) is 26.3 Å². The molecule has 1 nitrogen and oxygen atoms in total. The number of hydrogen-bond donors (Lipinski definition) is 0. The summed E-state index contributed by atoms with van der Waals surface area (Å²) in [6.07, 6.45) is 1.98. The average Bonchev–Trinajstić information content (AvgIpc) is 2.50. The molecule has 0 radical (unpaired) electrons. The Hall–Kier alpha value is -0.890. The van der Waals surface area contributed by atoms with Gasteiger partial charge < -0.3 is 0 Å². The van der Waals surface area contributed by atoms with E-state index in [0.717, 1.165) is 11.1 Å². The first-order valence-corrected chi connectivity index (χ1v) is 5.30. The zero-order valence-electron chi connectivity index (χ0n) is 8.20. The Morgan fingerprint density at radius 3 is 2.62 bits per heavy atom. The minimum Gasteiger partial charge on any atom is -0.295 e. The van der Waals surface area contributed by atoms with Gasteiger partial charge in [-0.1, -0.05) is 13.8 Å². The Bertz CT molecular complexity index is 307. The first-order chi connectivity index (χ1) is 6.11. The van der Waals surface area contributed by atoms with Crippen LogP contribution in [0.2, 0.25) is 0 Å². The summed E-state index contributed by atoms with van der Waals surface area (Å²) in [5.41, 5.74) is 2.03. The molecule has 1 aromatic rings. The van der Waals surface area contributed by atoms with Crippen LogP contribution in [-0.2, 0) is 4.79 Å². The van der Waals surface area contributed by atoms with Crippen LogP contribution in [0.3, 0.4) is 0 Å². The van der Waals surface area contributed by atoms with E-state index < -0.39 is 0 Å². The van der Waals surface area contributed by atoms with Crippen molar-refractivity contribution in [3.63, 3.8) is 0 Å². The fourth-order valence-corrected chi connectivity index (χ4v) is 1.83. The molecule has 13 heavy (non-hydrogen) atoms. The standard InChI is InChI=1S/C11H14OS/c1-8(2)11(9(3)12)6-10-4-5-13-7-10/h4-8H,1-3H3/b11-6+. The van der Waals surface area contributed by atoms with E-state index in [1.807, 2.05) is 36.7 Å². The lowest BCUT2D eigenvalue weighted by Gasteiger charge is -2.06. The van der Waals surface area contributed by atoms with Crippen LogP contribution in [-0.4, -0.2) is 5.78 Å². The maximum absolute atomic E-state index is 11.2. The molecule has 0 aromatic carbocycles. The van der Waals surface area contributed by atoms with Crippen LogP contribution < -0.4 is 0 Å². The average molecular weight is 194 g/mol. The highest BCUT2D eigenvalue weighted by molar-refractivity contribution is 7.08. The van der Waals surface area contributed by atoms with Gasteiger partial charge in [0.15, 0.2) is 5.78 Å². The van der Waals surface area contributed by atoms with Gasteiger partial charge in [0.05, 0.1) is 0 Å². The summed E-state index contributed by atoms with van der Waals surface area (Å²) >= 11 is 1.65. The summed E-state index contributed by atoms with van der Waals surface area (Å²) in [5.74, 6) is 0.471. The topological polar surface area (TPSA) is 17.1 Å². The first kappa shape index (κ1) is 10.2. The largest absolute Gasteiger partial charge is 0.295 e. The highest BCUT2D eigenvalue weighted by Crippen LogP contribution is 2.17. The Kier molecular flexibility index (Phi) is 3.43. The van der Waals surface area contributed by atoms with Crippen molar-refractivity contribution in [3.05, 3.63) is 28.0 Å². The summed E-state index contributed by atoms with van der Waals surface area (Å²) in [7, 11) is 0. The summed E-state index contributed by atoms with van der Waals surface area (Å²) in [6.45, 7) is 5.71. The predicted molar refractivity (Wildman–Crippen MR) is 57.8 cm³/mol. The summed E-state index contributed by atoms with van der Waals surface area (Å²) in [5, 5.41) is 4.06. The maximum atomic E-state index is 11.2. The van der Waals surface area contributed by atoms with Gasteiger partial charge in [0.1, 0.15) is 0 Å². The second-order valence-corrected chi connectivity index (χ2v) is 4.15. The first-order valence-electron chi connectivity index (χ1n) is 4.36. The molecule has 0 aliphatic rings. The van der Waals surface area contributed by atoms with Crippen molar-refractivity contribution < 1.29 is 4.79 Å². The Labute approximate surface area is 83.1 Å². The Balaban J connectivity index is 2.94. The lowest BCUT2D eigenvalue weighted by molar-refractivity contribution is -0.113. The van der Waals surface area contributed by atoms with Crippen molar-refractivity contribution in [1.82, 2.24) is 0 Å². The molecule has 0 amide bonds. The van der Waals surface area contributed by atoms with Gasteiger partial charge in [-0.25, -0.2) is 0 Å². The van der Waals surface area contributed by atoms with E-state index in [4.69, 9.17) is 0 Å². The number of carbonyl (C=O) groups is 1. The number of rotatable bonds is 3. The van der Waals surface area contributed by atoms with E-state index in [1.54, 1.807) is 18.3 Å². The Morgan fingerprint density at radius 1 is 1.54 bits per heavy atom. The maximum Gasteiger partial charge on any atom is 0.156 e. The molecule has 0 bridgehead atoms. The molecule has 0 fully saturated rings. The molecule has 70 valence electrons. The molecule has 0 unspecified atom stereocenters. The van der Waals surface area contributed by atoms with Crippen molar-refractivity contribution in [2.45, 2.75) is 20.8 Å². The van der Waals surface area contributed by atoms with E-state index in [1.165, 1.54) is 0 Å². The van der Waals surface area contributed by atoms with Crippen molar-refractivity contribution in [3.8, 4) is 0 Å². The monoisotopic (exact) mass is 194 g/mol. The van der Waals surface area contributed by atoms with Crippen LogP contribution in [0, 0.1) is 5.92 Å². The van der Waals surface area contributed by atoms with Crippen molar-refractivity contribution in [1.29, 1.82) is 0 Å². The van der Waals surface area contributed by atoms with Gasteiger partial charge in [0, 0.05) is 0 Å². The zero-order valence-corrected chi connectivity index (χ0v) is 9.02. The summed E-state index contributed by atoms with van der Waals surface area (Å²) in [4.78, 5) is 11.2. The van der Waals surface area contributed by atoms with E-state index in [2.05, 4.69) is 0 Å². The van der Waals surface area contributed by atoms with Gasteiger partial charge >= 0.3 is 0 Å². The van der Waals surface area contributed by atoms with E-state index in [9.17, 15) is 4.79 Å².